The van der Waals surface area contributed by atoms with Gasteiger partial charge in [0.15, 0.2) is 0 Å². The predicted octanol–water partition coefficient (Wildman–Crippen LogP) is 1.51. The van der Waals surface area contributed by atoms with Gasteiger partial charge in [0.25, 0.3) is 0 Å². The van der Waals surface area contributed by atoms with E-state index in [9.17, 15) is 0 Å². The van der Waals surface area contributed by atoms with Crippen LogP contribution >= 0.6 is 0 Å². The lowest BCUT2D eigenvalue weighted by Crippen LogP contribution is -2.48. The molecule has 0 bridgehead atoms. The van der Waals surface area contributed by atoms with Gasteiger partial charge in [0.2, 0.25) is 0 Å². The second-order valence-electron chi connectivity index (χ2n) is 4.97. The van der Waals surface area contributed by atoms with Crippen LogP contribution in [0.25, 0.3) is 0 Å². The molecule has 0 heterocycles. The number of nitrogens with one attached hydrogen (secondary N) is 1. The summed E-state index contributed by atoms with van der Waals surface area (Å²) in [6, 6.07) is 0.396. The third-order valence-corrected chi connectivity index (χ3v) is 2.27. The molecule has 0 radical (unpaired) electrons. The largest absolute Gasteiger partial charge is 0.383 e. The number of hydrogen-bond donors (Lipinski definition) is 1. The van der Waals surface area contributed by atoms with E-state index in [0.717, 1.165) is 19.7 Å². The summed E-state index contributed by atoms with van der Waals surface area (Å²) in [4.78, 5) is 2.25. The van der Waals surface area contributed by atoms with Crippen molar-refractivity contribution in [3.05, 3.63) is 12.7 Å². The van der Waals surface area contributed by atoms with Crippen LogP contribution < -0.4 is 5.32 Å². The van der Waals surface area contributed by atoms with Gasteiger partial charge in [-0.2, -0.15) is 0 Å². The van der Waals surface area contributed by atoms with Crippen LogP contribution in [0.2, 0.25) is 0 Å². The Hall–Kier alpha value is -0.380. The molecule has 1 N–H and O–H groups in total. The molecule has 0 fully saturated rings. The summed E-state index contributed by atoms with van der Waals surface area (Å²) >= 11 is 0. The Morgan fingerprint density at radius 1 is 1.47 bits per heavy atom. The Morgan fingerprint density at radius 3 is 2.47 bits per heavy atom. The Balaban J connectivity index is 4.08. The maximum absolute atomic E-state index is 5.22. The molecule has 1 atom stereocenters. The van der Waals surface area contributed by atoms with Crippen molar-refractivity contribution < 1.29 is 4.74 Å². The molecule has 0 aliphatic heterocycles. The van der Waals surface area contributed by atoms with Gasteiger partial charge < -0.3 is 10.1 Å². The van der Waals surface area contributed by atoms with Crippen molar-refractivity contribution in [2.75, 3.05) is 33.9 Å². The zero-order chi connectivity index (χ0) is 11.9. The van der Waals surface area contributed by atoms with Crippen molar-refractivity contribution in [3.63, 3.8) is 0 Å². The molecule has 3 nitrogen and oxygen atoms in total. The molecule has 3 heteroatoms. The maximum atomic E-state index is 5.22. The molecule has 0 aliphatic rings. The Bertz CT molecular complexity index is 175. The van der Waals surface area contributed by atoms with Gasteiger partial charge in [0, 0.05) is 31.8 Å². The van der Waals surface area contributed by atoms with Crippen LogP contribution in [0.1, 0.15) is 20.8 Å². The highest BCUT2D eigenvalue weighted by Gasteiger charge is 2.16. The van der Waals surface area contributed by atoms with Gasteiger partial charge in [0.05, 0.1) is 6.61 Å². The van der Waals surface area contributed by atoms with Gasteiger partial charge in [-0.25, -0.2) is 0 Å². The van der Waals surface area contributed by atoms with E-state index in [0.29, 0.717) is 6.04 Å². The average molecular weight is 214 g/mol. The van der Waals surface area contributed by atoms with E-state index >= 15 is 0 Å². The van der Waals surface area contributed by atoms with Gasteiger partial charge in [-0.3, -0.25) is 4.90 Å². The third-order valence-electron chi connectivity index (χ3n) is 2.27. The molecule has 1 unspecified atom stereocenters. The third kappa shape index (κ3) is 7.54. The van der Waals surface area contributed by atoms with Crippen LogP contribution in [0.4, 0.5) is 0 Å². The molecule has 0 aliphatic carbocycles. The van der Waals surface area contributed by atoms with Crippen LogP contribution in [0, 0.1) is 0 Å². The minimum Gasteiger partial charge on any atom is -0.383 e. The van der Waals surface area contributed by atoms with E-state index in [1.54, 1.807) is 7.11 Å². The molecule has 0 aromatic rings. The average Bonchev–Trinajstić information content (AvgIpc) is 2.11. The van der Waals surface area contributed by atoms with Crippen LogP contribution in [-0.4, -0.2) is 50.3 Å². The zero-order valence-corrected chi connectivity index (χ0v) is 10.8. The Labute approximate surface area is 94.5 Å². The lowest BCUT2D eigenvalue weighted by molar-refractivity contribution is 0.108. The summed E-state index contributed by atoms with van der Waals surface area (Å²) in [7, 11) is 3.83. The minimum atomic E-state index is 0.154. The maximum Gasteiger partial charge on any atom is 0.0630 e. The van der Waals surface area contributed by atoms with Gasteiger partial charge in [-0.15, -0.1) is 6.58 Å². The summed E-state index contributed by atoms with van der Waals surface area (Å²) in [6.45, 7) is 12.8. The van der Waals surface area contributed by atoms with Gasteiger partial charge in [-0.1, -0.05) is 6.08 Å². The minimum absolute atomic E-state index is 0.154. The lowest BCUT2D eigenvalue weighted by atomic mass is 10.1. The molecule has 0 aromatic carbocycles. The highest BCUT2D eigenvalue weighted by Crippen LogP contribution is 2.02. The normalized spacial score (nSPS) is 14.3. The molecular weight excluding hydrogens is 188 g/mol. The van der Waals surface area contributed by atoms with Crippen molar-refractivity contribution in [3.8, 4) is 0 Å². The van der Waals surface area contributed by atoms with E-state index in [-0.39, 0.29) is 5.54 Å². The fourth-order valence-corrected chi connectivity index (χ4v) is 1.31. The van der Waals surface area contributed by atoms with Crippen molar-refractivity contribution in [1.82, 2.24) is 10.2 Å². The molecule has 0 saturated heterocycles. The number of rotatable bonds is 7. The highest BCUT2D eigenvalue weighted by molar-refractivity contribution is 4.81. The number of hydrogen-bond acceptors (Lipinski definition) is 3. The van der Waals surface area contributed by atoms with E-state index in [1.165, 1.54) is 0 Å². The summed E-state index contributed by atoms with van der Waals surface area (Å²) in [5, 5.41) is 3.49. The van der Waals surface area contributed by atoms with Gasteiger partial charge in [0.1, 0.15) is 0 Å². The Kier molecular flexibility index (Phi) is 6.81. The number of ether oxygens (including phenoxy) is 1. The van der Waals surface area contributed by atoms with Crippen molar-refractivity contribution >= 4 is 0 Å². The molecule has 15 heavy (non-hydrogen) atoms. The first-order chi connectivity index (χ1) is 6.90. The SMILES string of the molecule is C=CCN(C)C(CNC(C)(C)C)COC. The summed E-state index contributed by atoms with van der Waals surface area (Å²) in [6.07, 6.45) is 1.92. The van der Waals surface area contributed by atoms with Crippen molar-refractivity contribution in [2.24, 2.45) is 0 Å². The first kappa shape index (κ1) is 14.6. The highest BCUT2D eigenvalue weighted by atomic mass is 16.5. The smallest absolute Gasteiger partial charge is 0.0630 e. The number of likely N-dealkylation sites (N-methyl/N-ethyl adjacent to an activating group) is 1. The van der Waals surface area contributed by atoms with E-state index in [4.69, 9.17) is 4.74 Å². The second kappa shape index (κ2) is 6.99. The van der Waals surface area contributed by atoms with Gasteiger partial charge >= 0.3 is 0 Å². The fraction of sp³-hybridized carbons (Fsp3) is 0.833. The quantitative estimate of drug-likeness (QED) is 0.650. The molecule has 0 spiro atoms. The molecule has 0 aromatic heterocycles. The molecule has 0 saturated carbocycles. The predicted molar refractivity (Wildman–Crippen MR) is 66.2 cm³/mol. The first-order valence-electron chi connectivity index (χ1n) is 5.46. The molecular formula is C12H26N2O. The van der Waals surface area contributed by atoms with Crippen LogP contribution in [0.3, 0.4) is 0 Å². The van der Waals surface area contributed by atoms with E-state index in [1.807, 2.05) is 6.08 Å². The molecule has 0 amide bonds. The Morgan fingerprint density at radius 2 is 2.07 bits per heavy atom. The summed E-state index contributed by atoms with van der Waals surface area (Å²) in [5.74, 6) is 0. The van der Waals surface area contributed by atoms with Crippen LogP contribution in [-0.2, 0) is 4.74 Å². The van der Waals surface area contributed by atoms with E-state index < -0.39 is 0 Å². The lowest BCUT2D eigenvalue weighted by Gasteiger charge is -2.30. The van der Waals surface area contributed by atoms with Crippen molar-refractivity contribution in [2.45, 2.75) is 32.4 Å². The van der Waals surface area contributed by atoms with Gasteiger partial charge in [-0.05, 0) is 27.8 Å². The molecule has 90 valence electrons. The van der Waals surface area contributed by atoms with Crippen LogP contribution in [0.5, 0.6) is 0 Å². The number of nitrogens with zero attached hydrogens (tertiary/aromatic N) is 1. The molecule has 0 rings (SSSR count). The zero-order valence-electron chi connectivity index (χ0n) is 10.8. The summed E-state index contributed by atoms with van der Waals surface area (Å²) < 4.78 is 5.22. The van der Waals surface area contributed by atoms with Crippen molar-refractivity contribution in [1.29, 1.82) is 0 Å². The van der Waals surface area contributed by atoms with Crippen LogP contribution in [0.15, 0.2) is 12.7 Å². The standard InChI is InChI=1S/C12H26N2O/c1-7-8-14(5)11(10-15-6)9-13-12(2,3)4/h7,11,13H,1,8-10H2,2-6H3. The number of methoxy groups -OCH3 is 1. The fourth-order valence-electron chi connectivity index (χ4n) is 1.31. The summed E-state index contributed by atoms with van der Waals surface area (Å²) in [5.41, 5.74) is 0.154. The van der Waals surface area contributed by atoms with E-state index in [2.05, 4.69) is 44.6 Å². The second-order valence-corrected chi connectivity index (χ2v) is 4.97. The topological polar surface area (TPSA) is 24.5 Å². The first-order valence-corrected chi connectivity index (χ1v) is 5.46. The monoisotopic (exact) mass is 214 g/mol.